The molecule has 4 heteroatoms. The summed E-state index contributed by atoms with van der Waals surface area (Å²) in [6, 6.07) is 11.8. The van der Waals surface area contributed by atoms with Crippen molar-refractivity contribution >= 4 is 33.3 Å². The maximum atomic E-state index is 12.4. The monoisotopic (exact) mass is 257 g/mol. The number of nitrogens with one attached hydrogen (secondary N) is 1. The third-order valence-corrected chi connectivity index (χ3v) is 3.22. The number of halogens is 1. The third kappa shape index (κ3) is 1.52. The van der Waals surface area contributed by atoms with Crippen LogP contribution in [0, 0.1) is 0 Å². The Morgan fingerprint density at radius 3 is 2.44 bits per heavy atom. The van der Waals surface area contributed by atoms with Gasteiger partial charge in [0.15, 0.2) is 5.43 Å². The lowest BCUT2D eigenvalue weighted by Gasteiger charge is -1.92. The molecular formula is C14H8ClNO2. The molecule has 0 radical (unpaired) electrons. The largest absolute Gasteiger partial charge is 0.321 e. The van der Waals surface area contributed by atoms with Crippen LogP contribution in [0.1, 0.15) is 0 Å². The van der Waals surface area contributed by atoms with Crippen LogP contribution >= 0.6 is 11.6 Å². The average Bonchev–Trinajstić information content (AvgIpc) is 2.47. The molecule has 0 saturated heterocycles. The van der Waals surface area contributed by atoms with Gasteiger partial charge in [-0.05, 0) is 18.2 Å². The summed E-state index contributed by atoms with van der Waals surface area (Å²) < 4.78 is 0. The Morgan fingerprint density at radius 1 is 0.889 bits per heavy atom. The van der Waals surface area contributed by atoms with Gasteiger partial charge in [0.05, 0.1) is 15.9 Å². The van der Waals surface area contributed by atoms with E-state index in [0.717, 1.165) is 0 Å². The Bertz CT molecular complexity index is 884. The highest BCUT2D eigenvalue weighted by Gasteiger charge is 2.08. The number of fused-ring (bicyclic) bond motifs is 2. The van der Waals surface area contributed by atoms with Gasteiger partial charge in [-0.15, -0.1) is 0 Å². The number of rotatable bonds is 0. The highest BCUT2D eigenvalue weighted by molar-refractivity contribution is 6.35. The molecule has 1 aromatic heterocycles. The summed E-state index contributed by atoms with van der Waals surface area (Å²) in [5.74, 6) is 0. The average molecular weight is 258 g/mol. The predicted molar refractivity (Wildman–Crippen MR) is 73.4 cm³/mol. The summed E-state index contributed by atoms with van der Waals surface area (Å²) in [7, 11) is 0. The maximum Gasteiger partial charge on any atom is 0.257 e. The zero-order valence-electron chi connectivity index (χ0n) is 9.24. The fraction of sp³-hybridized carbons (Fsp3) is 0. The molecule has 0 unspecified atom stereocenters. The van der Waals surface area contributed by atoms with E-state index in [9.17, 15) is 9.59 Å². The molecule has 18 heavy (non-hydrogen) atoms. The summed E-state index contributed by atoms with van der Waals surface area (Å²) in [6.07, 6.45) is 0. The molecule has 0 fully saturated rings. The molecule has 0 amide bonds. The van der Waals surface area contributed by atoms with Gasteiger partial charge in [-0.2, -0.15) is 0 Å². The number of hydrogen-bond donors (Lipinski definition) is 1. The summed E-state index contributed by atoms with van der Waals surface area (Å²) in [6.45, 7) is 0. The van der Waals surface area contributed by atoms with Crippen LogP contribution in [-0.2, 0) is 0 Å². The summed E-state index contributed by atoms with van der Waals surface area (Å²) in [5.41, 5.74) is -0.0323. The van der Waals surface area contributed by atoms with Crippen molar-refractivity contribution in [2.45, 2.75) is 0 Å². The van der Waals surface area contributed by atoms with Crippen molar-refractivity contribution in [3.8, 4) is 0 Å². The van der Waals surface area contributed by atoms with E-state index in [1.54, 1.807) is 42.5 Å². The van der Waals surface area contributed by atoms with Gasteiger partial charge < -0.3 is 4.98 Å². The van der Waals surface area contributed by atoms with Crippen LogP contribution in [0.25, 0.3) is 21.7 Å². The number of aromatic amines is 1. The minimum Gasteiger partial charge on any atom is -0.321 e. The molecule has 1 heterocycles. The quantitative estimate of drug-likeness (QED) is 0.673. The van der Waals surface area contributed by atoms with Crippen molar-refractivity contribution in [1.82, 2.24) is 4.98 Å². The van der Waals surface area contributed by atoms with E-state index in [1.165, 1.54) is 0 Å². The topological polar surface area (TPSA) is 49.9 Å². The first-order valence-corrected chi connectivity index (χ1v) is 5.80. The normalized spacial score (nSPS) is 10.9. The predicted octanol–water partition coefficient (Wildman–Crippen LogP) is 2.69. The van der Waals surface area contributed by atoms with Crippen molar-refractivity contribution < 1.29 is 0 Å². The molecule has 0 saturated carbocycles. The first-order chi connectivity index (χ1) is 8.68. The number of hydrogen-bond acceptors (Lipinski definition) is 2. The van der Waals surface area contributed by atoms with Crippen molar-refractivity contribution in [3.63, 3.8) is 0 Å². The van der Waals surface area contributed by atoms with E-state index < -0.39 is 0 Å². The summed E-state index contributed by atoms with van der Waals surface area (Å²) in [4.78, 5) is 27.2. The highest BCUT2D eigenvalue weighted by atomic mass is 35.5. The number of H-pyrrole nitrogens is 1. The molecule has 0 aliphatic rings. The second kappa shape index (κ2) is 3.96. The van der Waals surface area contributed by atoms with Crippen molar-refractivity contribution in [1.29, 1.82) is 0 Å². The molecule has 0 spiro atoms. The van der Waals surface area contributed by atoms with Gasteiger partial charge in [0.25, 0.3) is 5.56 Å². The first kappa shape index (κ1) is 11.0. The molecule has 88 valence electrons. The Balaban J connectivity index is 2.80. The van der Waals surface area contributed by atoms with Gasteiger partial charge in [0.2, 0.25) is 0 Å². The van der Waals surface area contributed by atoms with E-state index >= 15 is 0 Å². The molecule has 1 N–H and O–H groups in total. The first-order valence-electron chi connectivity index (χ1n) is 5.42. The standard InChI is InChI=1S/C14H8ClNO2/c15-10-6-3-5-9-12(10)14(18)16-11-7-2-1-4-8(11)13(9)17/h1-7H,(H,16,18). The fourth-order valence-corrected chi connectivity index (χ4v) is 2.32. The maximum absolute atomic E-state index is 12.4. The van der Waals surface area contributed by atoms with Gasteiger partial charge in [-0.3, -0.25) is 9.59 Å². The smallest absolute Gasteiger partial charge is 0.257 e. The van der Waals surface area contributed by atoms with Crippen LogP contribution in [-0.4, -0.2) is 4.98 Å². The molecule has 0 aliphatic carbocycles. The van der Waals surface area contributed by atoms with Crippen LogP contribution in [0.4, 0.5) is 0 Å². The molecule has 0 aliphatic heterocycles. The minimum absolute atomic E-state index is 0.193. The second-order valence-corrected chi connectivity index (χ2v) is 4.40. The fourth-order valence-electron chi connectivity index (χ4n) is 2.06. The SMILES string of the molecule is O=c1c2ccccc2[nH]c(=O)c2c(Cl)cccc12. The Labute approximate surface area is 107 Å². The van der Waals surface area contributed by atoms with Gasteiger partial charge in [0, 0.05) is 10.8 Å². The van der Waals surface area contributed by atoms with Crippen LogP contribution in [0.15, 0.2) is 52.1 Å². The highest BCUT2D eigenvalue weighted by Crippen LogP contribution is 2.18. The molecule has 3 nitrogen and oxygen atoms in total. The zero-order valence-corrected chi connectivity index (χ0v) is 9.99. The molecule has 3 aromatic rings. The lowest BCUT2D eigenvalue weighted by atomic mass is 10.1. The van der Waals surface area contributed by atoms with Gasteiger partial charge in [0.1, 0.15) is 0 Å². The van der Waals surface area contributed by atoms with Crippen LogP contribution < -0.4 is 11.0 Å². The van der Waals surface area contributed by atoms with E-state index in [-0.39, 0.29) is 21.4 Å². The molecular weight excluding hydrogens is 250 g/mol. The summed E-state index contributed by atoms with van der Waals surface area (Å²) >= 11 is 6.00. The Kier molecular flexibility index (Phi) is 2.42. The minimum atomic E-state index is -0.353. The lowest BCUT2D eigenvalue weighted by molar-refractivity contribution is 1.36. The molecule has 0 bridgehead atoms. The van der Waals surface area contributed by atoms with Gasteiger partial charge in [-0.1, -0.05) is 35.9 Å². The van der Waals surface area contributed by atoms with E-state index in [2.05, 4.69) is 4.98 Å². The zero-order chi connectivity index (χ0) is 12.7. The Morgan fingerprint density at radius 2 is 1.61 bits per heavy atom. The number of benzene rings is 2. The van der Waals surface area contributed by atoms with Gasteiger partial charge in [-0.25, -0.2) is 0 Å². The van der Waals surface area contributed by atoms with Gasteiger partial charge >= 0.3 is 0 Å². The van der Waals surface area contributed by atoms with E-state index in [1.807, 2.05) is 0 Å². The van der Waals surface area contributed by atoms with Crippen LogP contribution in [0.2, 0.25) is 5.02 Å². The van der Waals surface area contributed by atoms with E-state index in [4.69, 9.17) is 11.6 Å². The third-order valence-electron chi connectivity index (χ3n) is 2.91. The van der Waals surface area contributed by atoms with E-state index in [0.29, 0.717) is 16.3 Å². The lowest BCUT2D eigenvalue weighted by Crippen LogP contribution is -2.03. The van der Waals surface area contributed by atoms with Crippen LogP contribution in [0.3, 0.4) is 0 Å². The van der Waals surface area contributed by atoms with Crippen LogP contribution in [0.5, 0.6) is 0 Å². The molecule has 2 aromatic carbocycles. The summed E-state index contributed by atoms with van der Waals surface area (Å²) in [5, 5.41) is 1.34. The van der Waals surface area contributed by atoms with Crippen molar-refractivity contribution in [2.24, 2.45) is 0 Å². The molecule has 3 rings (SSSR count). The van der Waals surface area contributed by atoms with Crippen molar-refractivity contribution in [2.75, 3.05) is 0 Å². The van der Waals surface area contributed by atoms with Crippen molar-refractivity contribution in [3.05, 3.63) is 68.1 Å². The Hall–Kier alpha value is -2.13. The number of aromatic nitrogens is 1. The number of para-hydroxylation sites is 1. The second-order valence-electron chi connectivity index (χ2n) is 3.99. The molecule has 0 atom stereocenters.